The molecule has 1 saturated heterocycles. The van der Waals surface area contributed by atoms with E-state index in [2.05, 4.69) is 5.32 Å². The van der Waals surface area contributed by atoms with Crippen molar-refractivity contribution in [2.75, 3.05) is 13.1 Å². The Morgan fingerprint density at radius 3 is 2.56 bits per heavy atom. The fourth-order valence-electron chi connectivity index (χ4n) is 3.22. The topological polar surface area (TPSA) is 69.6 Å². The van der Waals surface area contributed by atoms with E-state index in [9.17, 15) is 14.7 Å². The van der Waals surface area contributed by atoms with Gasteiger partial charge < -0.3 is 15.3 Å². The van der Waals surface area contributed by atoms with Crippen LogP contribution in [0.25, 0.3) is 10.8 Å². The molecular weight excluding hydrogens is 316 g/mol. The Kier molecular flexibility index (Phi) is 4.93. The molecule has 132 valence electrons. The summed E-state index contributed by atoms with van der Waals surface area (Å²) in [7, 11) is 0. The van der Waals surface area contributed by atoms with E-state index in [4.69, 9.17) is 0 Å². The van der Waals surface area contributed by atoms with Crippen LogP contribution in [0.1, 0.15) is 37.0 Å². The zero-order valence-corrected chi connectivity index (χ0v) is 14.7. The molecule has 1 fully saturated rings. The second-order valence-corrected chi connectivity index (χ2v) is 6.97. The van der Waals surface area contributed by atoms with Crippen molar-refractivity contribution in [3.8, 4) is 5.75 Å². The molecule has 3 rings (SSSR count). The number of phenolic OH excluding ortho intramolecular Hbond substituents is 1. The summed E-state index contributed by atoms with van der Waals surface area (Å²) >= 11 is 0. The minimum absolute atomic E-state index is 0.00274. The average molecular weight is 340 g/mol. The number of piperidine rings is 1. The molecule has 0 aromatic heterocycles. The van der Waals surface area contributed by atoms with Gasteiger partial charge in [-0.3, -0.25) is 9.59 Å². The predicted octanol–water partition coefficient (Wildman–Crippen LogP) is 2.92. The number of nitrogens with one attached hydrogen (secondary N) is 1. The Labute approximate surface area is 147 Å². The standard InChI is InChI=1S/C20H24N2O3/c1-13(2)19(24)21-16-8-5-9-22(12-16)20(25)17-10-14-6-3-4-7-15(14)11-18(17)23/h3-4,6-7,10-11,13,16,23H,5,8-9,12H2,1-2H3,(H,21,24)/t16-/m0/s1. The molecule has 2 amide bonds. The third-order valence-corrected chi connectivity index (χ3v) is 4.67. The Bertz CT molecular complexity index is 801. The molecule has 0 aliphatic carbocycles. The summed E-state index contributed by atoms with van der Waals surface area (Å²) in [5.41, 5.74) is 0.314. The lowest BCUT2D eigenvalue weighted by Crippen LogP contribution is -2.50. The number of likely N-dealkylation sites (tertiary alicyclic amines) is 1. The van der Waals surface area contributed by atoms with Gasteiger partial charge in [0.05, 0.1) is 5.56 Å². The second-order valence-electron chi connectivity index (χ2n) is 6.97. The molecule has 2 N–H and O–H groups in total. The van der Waals surface area contributed by atoms with Crippen LogP contribution in [0.15, 0.2) is 36.4 Å². The molecule has 5 nitrogen and oxygen atoms in total. The summed E-state index contributed by atoms with van der Waals surface area (Å²) in [4.78, 5) is 26.5. The molecule has 2 aromatic carbocycles. The summed E-state index contributed by atoms with van der Waals surface area (Å²) in [5, 5.41) is 15.1. The average Bonchev–Trinajstić information content (AvgIpc) is 2.60. The monoisotopic (exact) mass is 340 g/mol. The SMILES string of the molecule is CC(C)C(=O)N[C@H]1CCCN(C(=O)c2cc3ccccc3cc2O)C1. The lowest BCUT2D eigenvalue weighted by Gasteiger charge is -2.33. The summed E-state index contributed by atoms with van der Waals surface area (Å²) in [6, 6.07) is 11.0. The number of fused-ring (bicyclic) bond motifs is 1. The van der Waals surface area contributed by atoms with Crippen molar-refractivity contribution < 1.29 is 14.7 Å². The van der Waals surface area contributed by atoms with Gasteiger partial charge in [0, 0.05) is 25.0 Å². The summed E-state index contributed by atoms with van der Waals surface area (Å²) in [6.45, 7) is 4.82. The Morgan fingerprint density at radius 1 is 1.20 bits per heavy atom. The summed E-state index contributed by atoms with van der Waals surface area (Å²) in [6.07, 6.45) is 1.70. The third kappa shape index (κ3) is 3.76. The highest BCUT2D eigenvalue weighted by atomic mass is 16.3. The van der Waals surface area contributed by atoms with Crippen LogP contribution in [-0.4, -0.2) is 41.0 Å². The number of benzene rings is 2. The van der Waals surface area contributed by atoms with Crippen molar-refractivity contribution >= 4 is 22.6 Å². The minimum Gasteiger partial charge on any atom is -0.507 e. The van der Waals surface area contributed by atoms with E-state index in [1.165, 1.54) is 0 Å². The molecule has 0 saturated carbocycles. The van der Waals surface area contributed by atoms with Crippen LogP contribution in [0.3, 0.4) is 0 Å². The van der Waals surface area contributed by atoms with Crippen LogP contribution in [0, 0.1) is 5.92 Å². The fraction of sp³-hybridized carbons (Fsp3) is 0.400. The summed E-state index contributed by atoms with van der Waals surface area (Å²) < 4.78 is 0. The molecule has 0 unspecified atom stereocenters. The van der Waals surface area contributed by atoms with Crippen LogP contribution in [0.5, 0.6) is 5.75 Å². The van der Waals surface area contributed by atoms with Gasteiger partial charge in [0.15, 0.2) is 0 Å². The zero-order valence-electron chi connectivity index (χ0n) is 14.7. The van der Waals surface area contributed by atoms with Crippen molar-refractivity contribution in [1.29, 1.82) is 0 Å². The highest BCUT2D eigenvalue weighted by Gasteiger charge is 2.27. The maximum atomic E-state index is 12.9. The van der Waals surface area contributed by atoms with Crippen molar-refractivity contribution in [3.63, 3.8) is 0 Å². The molecular formula is C20H24N2O3. The second kappa shape index (κ2) is 7.13. The first-order chi connectivity index (χ1) is 12.0. The maximum Gasteiger partial charge on any atom is 0.257 e. The largest absolute Gasteiger partial charge is 0.507 e. The van der Waals surface area contributed by atoms with Crippen molar-refractivity contribution in [2.45, 2.75) is 32.7 Å². The van der Waals surface area contributed by atoms with E-state index in [1.807, 2.05) is 38.1 Å². The summed E-state index contributed by atoms with van der Waals surface area (Å²) in [5.74, 6) is -0.257. The molecule has 0 bridgehead atoms. The molecule has 5 heteroatoms. The number of phenols is 1. The molecule has 1 atom stereocenters. The number of aromatic hydroxyl groups is 1. The lowest BCUT2D eigenvalue weighted by atomic mass is 10.0. The van der Waals surface area contributed by atoms with E-state index < -0.39 is 0 Å². The van der Waals surface area contributed by atoms with Gasteiger partial charge >= 0.3 is 0 Å². The van der Waals surface area contributed by atoms with Crippen molar-refractivity contribution in [1.82, 2.24) is 10.2 Å². The third-order valence-electron chi connectivity index (χ3n) is 4.67. The number of carbonyl (C=O) groups is 2. The van der Waals surface area contributed by atoms with E-state index in [1.54, 1.807) is 17.0 Å². The van der Waals surface area contributed by atoms with E-state index in [0.29, 0.717) is 18.7 Å². The molecule has 1 aliphatic heterocycles. The van der Waals surface area contributed by atoms with Crippen molar-refractivity contribution in [2.24, 2.45) is 5.92 Å². The maximum absolute atomic E-state index is 12.9. The van der Waals surface area contributed by atoms with Gasteiger partial charge in [0.2, 0.25) is 5.91 Å². The van der Waals surface area contributed by atoms with Gasteiger partial charge in [0.25, 0.3) is 5.91 Å². The highest BCUT2D eigenvalue weighted by Crippen LogP contribution is 2.27. The first-order valence-corrected chi connectivity index (χ1v) is 8.77. The minimum atomic E-state index is -0.188. The zero-order chi connectivity index (χ0) is 18.0. The van der Waals surface area contributed by atoms with Crippen LogP contribution < -0.4 is 5.32 Å². The quantitative estimate of drug-likeness (QED) is 0.902. The van der Waals surface area contributed by atoms with Gasteiger partial charge in [-0.1, -0.05) is 38.1 Å². The van der Waals surface area contributed by atoms with Gasteiger partial charge in [-0.25, -0.2) is 0 Å². The molecule has 2 aromatic rings. The van der Waals surface area contributed by atoms with E-state index in [-0.39, 0.29) is 29.5 Å². The van der Waals surface area contributed by atoms with Crippen LogP contribution in [-0.2, 0) is 4.79 Å². The van der Waals surface area contributed by atoms with Crippen LogP contribution in [0.2, 0.25) is 0 Å². The number of nitrogens with zero attached hydrogens (tertiary/aromatic N) is 1. The van der Waals surface area contributed by atoms with Gasteiger partial charge in [-0.15, -0.1) is 0 Å². The molecule has 0 radical (unpaired) electrons. The Balaban J connectivity index is 1.78. The molecule has 25 heavy (non-hydrogen) atoms. The Hall–Kier alpha value is -2.56. The Morgan fingerprint density at radius 2 is 1.88 bits per heavy atom. The predicted molar refractivity (Wildman–Crippen MR) is 97.5 cm³/mol. The molecule has 1 aliphatic rings. The number of hydrogen-bond donors (Lipinski definition) is 2. The highest BCUT2D eigenvalue weighted by molar-refractivity contribution is 6.01. The van der Waals surface area contributed by atoms with Gasteiger partial charge in [-0.05, 0) is 35.7 Å². The first-order valence-electron chi connectivity index (χ1n) is 8.77. The molecule has 1 heterocycles. The number of rotatable bonds is 3. The lowest BCUT2D eigenvalue weighted by molar-refractivity contribution is -0.125. The number of carbonyl (C=O) groups excluding carboxylic acids is 2. The normalized spacial score (nSPS) is 17.7. The fourth-order valence-corrected chi connectivity index (χ4v) is 3.22. The van der Waals surface area contributed by atoms with Crippen LogP contribution in [0.4, 0.5) is 0 Å². The van der Waals surface area contributed by atoms with Gasteiger partial charge in [0.1, 0.15) is 5.75 Å². The van der Waals surface area contributed by atoms with E-state index >= 15 is 0 Å². The van der Waals surface area contributed by atoms with E-state index in [0.717, 1.165) is 23.6 Å². The van der Waals surface area contributed by atoms with Gasteiger partial charge in [-0.2, -0.15) is 0 Å². The number of hydrogen-bond acceptors (Lipinski definition) is 3. The molecule has 0 spiro atoms. The smallest absolute Gasteiger partial charge is 0.257 e. The van der Waals surface area contributed by atoms with Crippen molar-refractivity contribution in [3.05, 3.63) is 42.0 Å². The number of amides is 2. The van der Waals surface area contributed by atoms with Crippen LogP contribution >= 0.6 is 0 Å². The first kappa shape index (κ1) is 17.3.